The predicted molar refractivity (Wildman–Crippen MR) is 92.1 cm³/mol. The Bertz CT molecular complexity index is 792. The second-order valence-electron chi connectivity index (χ2n) is 4.73. The molecule has 0 saturated carbocycles. The Balaban J connectivity index is 2.14. The highest BCUT2D eigenvalue weighted by molar-refractivity contribution is 7.10. The smallest absolute Gasteiger partial charge is 0.125 e. The van der Waals surface area contributed by atoms with Crippen LogP contribution in [0.3, 0.4) is 0 Å². The van der Waals surface area contributed by atoms with Crippen molar-refractivity contribution < 1.29 is 0 Å². The Morgan fingerprint density at radius 2 is 2.00 bits per heavy atom. The second kappa shape index (κ2) is 6.17. The van der Waals surface area contributed by atoms with Gasteiger partial charge in [0.05, 0.1) is 33.5 Å². The molecule has 0 aliphatic rings. The second-order valence-corrected chi connectivity index (χ2v) is 6.81. The van der Waals surface area contributed by atoms with Crippen molar-refractivity contribution in [2.45, 2.75) is 25.8 Å². The van der Waals surface area contributed by atoms with Crippen LogP contribution in [0.25, 0.3) is 11.0 Å². The molecule has 110 valence electrons. The molecule has 1 aromatic carbocycles. The molecule has 21 heavy (non-hydrogen) atoms. The van der Waals surface area contributed by atoms with E-state index in [0.29, 0.717) is 15.9 Å². The molecule has 6 heteroatoms. The van der Waals surface area contributed by atoms with E-state index in [1.165, 1.54) is 10.4 Å². The van der Waals surface area contributed by atoms with E-state index in [2.05, 4.69) is 27.9 Å². The predicted octanol–water partition coefficient (Wildman–Crippen LogP) is 5.75. The molecule has 0 bridgehead atoms. The monoisotopic (exact) mass is 358 g/mol. The van der Waals surface area contributed by atoms with Crippen LogP contribution >= 0.6 is 46.1 Å². The van der Waals surface area contributed by atoms with E-state index in [1.807, 2.05) is 6.07 Å². The number of imidazole rings is 1. The molecule has 0 N–H and O–H groups in total. The summed E-state index contributed by atoms with van der Waals surface area (Å²) in [5, 5.41) is 3.17. The molecule has 3 aromatic rings. The number of hydrogen-bond acceptors (Lipinski definition) is 2. The average Bonchev–Trinajstić information content (AvgIpc) is 3.05. The van der Waals surface area contributed by atoms with Gasteiger partial charge < -0.3 is 4.57 Å². The maximum atomic E-state index is 6.15. The first-order chi connectivity index (χ1) is 10.1. The van der Waals surface area contributed by atoms with Gasteiger partial charge in [0.15, 0.2) is 0 Å². The van der Waals surface area contributed by atoms with E-state index >= 15 is 0 Å². The number of aromatic nitrogens is 2. The molecule has 0 fully saturated rings. The minimum Gasteiger partial charge on any atom is -0.322 e. The summed E-state index contributed by atoms with van der Waals surface area (Å²) < 4.78 is 2.12. The first-order valence-corrected chi connectivity index (χ1v) is 8.76. The van der Waals surface area contributed by atoms with Crippen LogP contribution in [0.4, 0.5) is 0 Å². The average molecular weight is 360 g/mol. The number of rotatable bonds is 4. The minimum absolute atomic E-state index is 0.358. The molecular weight excluding hydrogens is 347 g/mol. The van der Waals surface area contributed by atoms with Gasteiger partial charge in [-0.3, -0.25) is 0 Å². The number of alkyl halides is 1. The highest BCUT2D eigenvalue weighted by Crippen LogP contribution is 2.30. The lowest BCUT2D eigenvalue weighted by molar-refractivity contribution is 0.782. The molecule has 2 nitrogen and oxygen atoms in total. The van der Waals surface area contributed by atoms with Crippen LogP contribution in [0.5, 0.6) is 0 Å². The van der Waals surface area contributed by atoms with E-state index in [9.17, 15) is 0 Å². The molecule has 3 rings (SSSR count). The SMILES string of the molecule is CCc1ccsc1Cn1c(CCl)nc2cc(Cl)c(Cl)cc21. The fourth-order valence-electron chi connectivity index (χ4n) is 2.41. The Morgan fingerprint density at radius 1 is 1.24 bits per heavy atom. The molecule has 0 aliphatic heterocycles. The van der Waals surface area contributed by atoms with Crippen molar-refractivity contribution in [3.8, 4) is 0 Å². The summed E-state index contributed by atoms with van der Waals surface area (Å²) in [6.07, 6.45) is 1.02. The fraction of sp³-hybridized carbons (Fsp3) is 0.267. The van der Waals surface area contributed by atoms with Crippen LogP contribution in [0, 0.1) is 0 Å². The van der Waals surface area contributed by atoms with Crippen molar-refractivity contribution in [3.63, 3.8) is 0 Å². The normalized spacial score (nSPS) is 11.4. The Labute approximate surface area is 142 Å². The minimum atomic E-state index is 0.358. The first kappa shape index (κ1) is 15.2. The van der Waals surface area contributed by atoms with Gasteiger partial charge in [0.1, 0.15) is 5.82 Å². The summed E-state index contributed by atoms with van der Waals surface area (Å²) >= 11 is 20.0. The highest BCUT2D eigenvalue weighted by atomic mass is 35.5. The van der Waals surface area contributed by atoms with Crippen molar-refractivity contribution in [1.29, 1.82) is 0 Å². The van der Waals surface area contributed by atoms with Crippen LogP contribution in [0.1, 0.15) is 23.2 Å². The number of nitrogens with zero attached hydrogens (tertiary/aromatic N) is 2. The van der Waals surface area contributed by atoms with Crippen LogP contribution in [0.2, 0.25) is 10.0 Å². The van der Waals surface area contributed by atoms with E-state index in [1.54, 1.807) is 17.4 Å². The number of hydrogen-bond donors (Lipinski definition) is 0. The van der Waals surface area contributed by atoms with Crippen molar-refractivity contribution in [2.75, 3.05) is 0 Å². The molecule has 0 unspecified atom stereocenters. The van der Waals surface area contributed by atoms with Gasteiger partial charge in [-0.25, -0.2) is 4.98 Å². The van der Waals surface area contributed by atoms with Crippen LogP contribution in [-0.4, -0.2) is 9.55 Å². The van der Waals surface area contributed by atoms with Crippen LogP contribution in [-0.2, 0) is 18.8 Å². The molecule has 0 aliphatic carbocycles. The fourth-order valence-corrected chi connectivity index (χ4v) is 3.90. The number of halogens is 3. The lowest BCUT2D eigenvalue weighted by Gasteiger charge is -2.08. The van der Waals surface area contributed by atoms with E-state index in [4.69, 9.17) is 34.8 Å². The van der Waals surface area contributed by atoms with Crippen molar-refractivity contribution >= 4 is 57.2 Å². The van der Waals surface area contributed by atoms with Gasteiger partial charge in [-0.2, -0.15) is 0 Å². The third-order valence-corrected chi connectivity index (χ3v) is 5.42. The zero-order valence-electron chi connectivity index (χ0n) is 11.4. The van der Waals surface area contributed by atoms with Crippen molar-refractivity contribution in [1.82, 2.24) is 9.55 Å². The molecule has 2 aromatic heterocycles. The molecule has 0 saturated heterocycles. The third-order valence-electron chi connectivity index (χ3n) is 3.51. The quantitative estimate of drug-likeness (QED) is 0.542. The zero-order valence-corrected chi connectivity index (χ0v) is 14.5. The topological polar surface area (TPSA) is 17.8 Å². The summed E-state index contributed by atoms with van der Waals surface area (Å²) in [7, 11) is 0. The third kappa shape index (κ3) is 2.80. The summed E-state index contributed by atoms with van der Waals surface area (Å²) in [6.45, 7) is 2.92. The maximum absolute atomic E-state index is 6.15. The van der Waals surface area contributed by atoms with E-state index in [-0.39, 0.29) is 0 Å². The molecule has 2 heterocycles. The molecule has 0 spiro atoms. The van der Waals surface area contributed by atoms with Crippen LogP contribution < -0.4 is 0 Å². The molecular formula is C15H13Cl3N2S. The molecule has 0 amide bonds. The van der Waals surface area contributed by atoms with Crippen LogP contribution in [0.15, 0.2) is 23.6 Å². The standard InChI is InChI=1S/C15H13Cl3N2S/c1-2-9-3-4-21-14(9)8-20-13-6-11(18)10(17)5-12(13)19-15(20)7-16/h3-6H,2,7-8H2,1H3. The van der Waals surface area contributed by atoms with Gasteiger partial charge >= 0.3 is 0 Å². The number of benzene rings is 1. The van der Waals surface area contributed by atoms with Crippen molar-refractivity contribution in [2.24, 2.45) is 0 Å². The summed E-state index contributed by atoms with van der Waals surface area (Å²) in [6, 6.07) is 5.83. The number of fused-ring (bicyclic) bond motifs is 1. The maximum Gasteiger partial charge on any atom is 0.125 e. The Morgan fingerprint density at radius 3 is 2.71 bits per heavy atom. The van der Waals surface area contributed by atoms with Gasteiger partial charge in [0, 0.05) is 4.88 Å². The number of aryl methyl sites for hydroxylation is 1. The van der Waals surface area contributed by atoms with Gasteiger partial charge in [0.25, 0.3) is 0 Å². The molecule has 0 atom stereocenters. The highest BCUT2D eigenvalue weighted by Gasteiger charge is 2.14. The van der Waals surface area contributed by atoms with Crippen molar-refractivity contribution in [3.05, 3.63) is 49.9 Å². The summed E-state index contributed by atoms with van der Waals surface area (Å²) in [5.74, 6) is 1.19. The van der Waals surface area contributed by atoms with Gasteiger partial charge in [0.2, 0.25) is 0 Å². The zero-order chi connectivity index (χ0) is 15.0. The lowest BCUT2D eigenvalue weighted by atomic mass is 10.2. The molecule has 0 radical (unpaired) electrons. The lowest BCUT2D eigenvalue weighted by Crippen LogP contribution is -2.04. The summed E-state index contributed by atoms with van der Waals surface area (Å²) in [5.41, 5.74) is 3.16. The number of thiophene rings is 1. The van der Waals surface area contributed by atoms with E-state index < -0.39 is 0 Å². The largest absolute Gasteiger partial charge is 0.322 e. The summed E-state index contributed by atoms with van der Waals surface area (Å²) in [4.78, 5) is 5.89. The Kier molecular flexibility index (Phi) is 4.46. The van der Waals surface area contributed by atoms with Gasteiger partial charge in [-0.15, -0.1) is 22.9 Å². The van der Waals surface area contributed by atoms with E-state index in [0.717, 1.165) is 29.8 Å². The van der Waals surface area contributed by atoms with Gasteiger partial charge in [-0.1, -0.05) is 30.1 Å². The Hall–Kier alpha value is -0.740. The first-order valence-electron chi connectivity index (χ1n) is 6.59. The van der Waals surface area contributed by atoms with Gasteiger partial charge in [-0.05, 0) is 35.6 Å².